The first kappa shape index (κ1) is 21.4. The van der Waals surface area contributed by atoms with Crippen molar-refractivity contribution >= 4 is 27.3 Å². The molecule has 0 unspecified atom stereocenters. The van der Waals surface area contributed by atoms with Crippen molar-refractivity contribution in [2.75, 3.05) is 45.0 Å². The number of nitrogens with one attached hydrogen (secondary N) is 1. The molecule has 0 atom stereocenters. The molecule has 0 aliphatic heterocycles. The Bertz CT molecular complexity index is 672. The van der Waals surface area contributed by atoms with E-state index in [1.807, 2.05) is 19.0 Å². The number of rotatable bonds is 10. The predicted molar refractivity (Wildman–Crippen MR) is 102 cm³/mol. The van der Waals surface area contributed by atoms with Gasteiger partial charge in [0.15, 0.2) is 0 Å². The number of sulfonamides is 1. The smallest absolute Gasteiger partial charge is 0.242 e. The van der Waals surface area contributed by atoms with Gasteiger partial charge in [-0.1, -0.05) is 12.8 Å². The van der Waals surface area contributed by atoms with E-state index in [2.05, 4.69) is 5.32 Å². The van der Waals surface area contributed by atoms with E-state index in [0.717, 1.165) is 35.7 Å². The minimum absolute atomic E-state index is 0.116. The van der Waals surface area contributed by atoms with Crippen molar-refractivity contribution in [2.24, 2.45) is 5.73 Å². The van der Waals surface area contributed by atoms with E-state index in [1.54, 1.807) is 12.1 Å². The van der Waals surface area contributed by atoms with Crippen LogP contribution in [-0.2, 0) is 14.8 Å². The first-order valence-electron chi connectivity index (χ1n) is 8.44. The molecule has 1 aromatic carbocycles. The van der Waals surface area contributed by atoms with E-state index in [1.165, 1.54) is 20.2 Å². The quantitative estimate of drug-likeness (QED) is 0.613. The number of hydrogen-bond acceptors (Lipinski definition) is 5. The Hall–Kier alpha value is -1.64. The average molecular weight is 371 g/mol. The fourth-order valence-corrected chi connectivity index (χ4v) is 3.30. The molecule has 8 heteroatoms. The second kappa shape index (κ2) is 9.74. The van der Waals surface area contributed by atoms with Crippen LogP contribution in [0.1, 0.15) is 32.1 Å². The van der Waals surface area contributed by atoms with Crippen molar-refractivity contribution < 1.29 is 13.2 Å². The first-order chi connectivity index (χ1) is 11.7. The number of carbonyl (C=O) groups excluding carboxylic acids is 1. The highest BCUT2D eigenvalue weighted by Gasteiger charge is 2.20. The van der Waals surface area contributed by atoms with E-state index < -0.39 is 10.0 Å². The summed E-state index contributed by atoms with van der Waals surface area (Å²) in [7, 11) is 3.10. The van der Waals surface area contributed by atoms with Gasteiger partial charge < -0.3 is 16.0 Å². The summed E-state index contributed by atoms with van der Waals surface area (Å²) in [5.74, 6) is -0.116. The highest BCUT2D eigenvalue weighted by atomic mass is 32.2. The molecule has 0 spiro atoms. The Kier molecular flexibility index (Phi) is 8.34. The largest absolute Gasteiger partial charge is 0.376 e. The summed E-state index contributed by atoms with van der Waals surface area (Å²) in [5, 5.41) is 2.85. The van der Waals surface area contributed by atoms with Crippen LogP contribution < -0.4 is 16.0 Å². The Morgan fingerprint density at radius 3 is 2.28 bits per heavy atom. The number of unbranched alkanes of at least 4 members (excludes halogenated alkanes) is 3. The summed E-state index contributed by atoms with van der Waals surface area (Å²) in [6.45, 7) is 0.672. The number of nitrogens with zero attached hydrogens (tertiary/aromatic N) is 2. The van der Waals surface area contributed by atoms with Gasteiger partial charge >= 0.3 is 0 Å². The van der Waals surface area contributed by atoms with Gasteiger partial charge in [-0.05, 0) is 37.6 Å². The number of anilines is 2. The van der Waals surface area contributed by atoms with Crippen molar-refractivity contribution in [1.82, 2.24) is 4.31 Å². The third-order valence-corrected chi connectivity index (χ3v) is 5.67. The Morgan fingerprint density at radius 2 is 1.72 bits per heavy atom. The maximum Gasteiger partial charge on any atom is 0.242 e. The summed E-state index contributed by atoms with van der Waals surface area (Å²) < 4.78 is 25.8. The van der Waals surface area contributed by atoms with E-state index in [-0.39, 0.29) is 10.8 Å². The van der Waals surface area contributed by atoms with Crippen molar-refractivity contribution in [2.45, 2.75) is 37.0 Å². The minimum atomic E-state index is -3.55. The second-order valence-electron chi connectivity index (χ2n) is 6.36. The third kappa shape index (κ3) is 6.30. The Labute approximate surface area is 151 Å². The number of benzene rings is 1. The van der Waals surface area contributed by atoms with Crippen LogP contribution in [0.5, 0.6) is 0 Å². The van der Waals surface area contributed by atoms with E-state index in [0.29, 0.717) is 18.7 Å². The van der Waals surface area contributed by atoms with Crippen LogP contribution in [0.15, 0.2) is 23.1 Å². The SMILES string of the molecule is CN(C)c1ccc(S(=O)(=O)N(C)C)cc1NC(=O)CCCCCCN. The average Bonchev–Trinajstić information content (AvgIpc) is 2.54. The van der Waals surface area contributed by atoms with Crippen molar-refractivity contribution in [1.29, 1.82) is 0 Å². The normalized spacial score (nSPS) is 11.6. The van der Waals surface area contributed by atoms with E-state index in [4.69, 9.17) is 5.73 Å². The zero-order chi connectivity index (χ0) is 19.0. The van der Waals surface area contributed by atoms with Gasteiger partial charge in [0, 0.05) is 34.6 Å². The Morgan fingerprint density at radius 1 is 1.08 bits per heavy atom. The molecule has 0 bridgehead atoms. The second-order valence-corrected chi connectivity index (χ2v) is 8.51. The van der Waals surface area contributed by atoms with Crippen LogP contribution in [0, 0.1) is 0 Å². The lowest BCUT2D eigenvalue weighted by atomic mass is 10.1. The molecule has 1 amide bonds. The lowest BCUT2D eigenvalue weighted by molar-refractivity contribution is -0.116. The van der Waals surface area contributed by atoms with Crippen LogP contribution in [-0.4, -0.2) is 53.4 Å². The molecule has 0 aliphatic carbocycles. The van der Waals surface area contributed by atoms with E-state index in [9.17, 15) is 13.2 Å². The third-order valence-electron chi connectivity index (χ3n) is 3.86. The predicted octanol–water partition coefficient (Wildman–Crippen LogP) is 1.85. The summed E-state index contributed by atoms with van der Waals surface area (Å²) in [4.78, 5) is 14.2. The summed E-state index contributed by atoms with van der Waals surface area (Å²) >= 11 is 0. The maximum absolute atomic E-state index is 12.3. The lowest BCUT2D eigenvalue weighted by Gasteiger charge is -2.20. The van der Waals surface area contributed by atoms with Gasteiger partial charge in [-0.3, -0.25) is 4.79 Å². The van der Waals surface area contributed by atoms with Gasteiger partial charge in [0.2, 0.25) is 15.9 Å². The molecule has 0 heterocycles. The number of carbonyl (C=O) groups is 1. The molecular weight excluding hydrogens is 340 g/mol. The van der Waals surface area contributed by atoms with Crippen molar-refractivity contribution in [3.05, 3.63) is 18.2 Å². The first-order valence-corrected chi connectivity index (χ1v) is 9.88. The van der Waals surface area contributed by atoms with Gasteiger partial charge in [0.1, 0.15) is 0 Å². The van der Waals surface area contributed by atoms with Crippen LogP contribution in [0.4, 0.5) is 11.4 Å². The zero-order valence-corrected chi connectivity index (χ0v) is 16.4. The molecule has 7 nitrogen and oxygen atoms in total. The molecule has 1 rings (SSSR count). The molecular formula is C17H30N4O3S. The van der Waals surface area contributed by atoms with Gasteiger partial charge in [-0.2, -0.15) is 0 Å². The molecule has 0 saturated heterocycles. The molecule has 3 N–H and O–H groups in total. The van der Waals surface area contributed by atoms with Gasteiger partial charge in [0.25, 0.3) is 0 Å². The van der Waals surface area contributed by atoms with Crippen molar-refractivity contribution in [3.8, 4) is 0 Å². The molecule has 0 radical (unpaired) electrons. The molecule has 0 aromatic heterocycles. The number of nitrogens with two attached hydrogens (primary N) is 1. The van der Waals surface area contributed by atoms with Crippen LogP contribution >= 0.6 is 0 Å². The van der Waals surface area contributed by atoms with Gasteiger partial charge in [-0.15, -0.1) is 0 Å². The summed E-state index contributed by atoms with van der Waals surface area (Å²) in [6.07, 6.45) is 4.14. The number of hydrogen-bond donors (Lipinski definition) is 2. The summed E-state index contributed by atoms with van der Waals surface area (Å²) in [6, 6.07) is 4.76. The number of amides is 1. The Balaban J connectivity index is 2.90. The molecule has 1 aromatic rings. The fourth-order valence-electron chi connectivity index (χ4n) is 2.37. The monoisotopic (exact) mass is 370 g/mol. The van der Waals surface area contributed by atoms with Gasteiger partial charge in [-0.25, -0.2) is 12.7 Å². The molecule has 0 saturated carbocycles. The van der Waals surface area contributed by atoms with Gasteiger partial charge in [0.05, 0.1) is 16.3 Å². The topological polar surface area (TPSA) is 95.7 Å². The van der Waals surface area contributed by atoms with Crippen LogP contribution in [0.25, 0.3) is 0 Å². The highest BCUT2D eigenvalue weighted by molar-refractivity contribution is 7.89. The fraction of sp³-hybridized carbons (Fsp3) is 0.588. The van der Waals surface area contributed by atoms with Crippen molar-refractivity contribution in [3.63, 3.8) is 0 Å². The molecule has 25 heavy (non-hydrogen) atoms. The van der Waals surface area contributed by atoms with Crippen LogP contribution in [0.2, 0.25) is 0 Å². The highest BCUT2D eigenvalue weighted by Crippen LogP contribution is 2.28. The molecule has 142 valence electrons. The maximum atomic E-state index is 12.3. The molecule has 0 fully saturated rings. The molecule has 0 aliphatic rings. The zero-order valence-electron chi connectivity index (χ0n) is 15.6. The van der Waals surface area contributed by atoms with Crippen LogP contribution in [0.3, 0.4) is 0 Å². The summed E-state index contributed by atoms with van der Waals surface area (Å²) in [5.41, 5.74) is 6.71. The lowest BCUT2D eigenvalue weighted by Crippen LogP contribution is -2.23. The minimum Gasteiger partial charge on any atom is -0.376 e. The van der Waals surface area contributed by atoms with E-state index >= 15 is 0 Å². The standard InChI is InChI=1S/C17H30N4O3S/c1-20(2)16-11-10-14(25(23,24)21(3)4)13-15(16)19-17(22)9-7-5-6-8-12-18/h10-11,13H,5-9,12,18H2,1-4H3,(H,19,22).